The molecule has 0 amide bonds. The van der Waals surface area contributed by atoms with Gasteiger partial charge in [-0.3, -0.25) is 4.90 Å². The topological polar surface area (TPSA) is 51.6 Å². The zero-order chi connectivity index (χ0) is 12.3. The molecule has 2 rings (SSSR count). The highest BCUT2D eigenvalue weighted by atomic mass is 16.5. The molecule has 1 aromatic heterocycles. The first-order chi connectivity index (χ1) is 8.13. The number of hydrogen-bond acceptors (Lipinski definition) is 4. The van der Waals surface area contributed by atoms with Crippen LogP contribution in [-0.4, -0.2) is 38.3 Å². The highest BCUT2D eigenvalue weighted by molar-refractivity contribution is 5.05. The SMILES string of the molecule is Cc1ccc(CN(C)CC2(CN)CCOC2)o1. The van der Waals surface area contributed by atoms with Crippen LogP contribution in [0, 0.1) is 12.3 Å². The number of ether oxygens (including phenoxy) is 1. The lowest BCUT2D eigenvalue weighted by Crippen LogP contribution is -2.41. The predicted octanol–water partition coefficient (Wildman–Crippen LogP) is 1.39. The fourth-order valence-electron chi connectivity index (χ4n) is 2.46. The Hall–Kier alpha value is -0.840. The third kappa shape index (κ3) is 3.09. The lowest BCUT2D eigenvalue weighted by atomic mass is 9.87. The average molecular weight is 238 g/mol. The summed E-state index contributed by atoms with van der Waals surface area (Å²) in [4.78, 5) is 2.26. The van der Waals surface area contributed by atoms with E-state index in [1.807, 2.05) is 19.1 Å². The van der Waals surface area contributed by atoms with E-state index >= 15 is 0 Å². The number of nitrogens with zero attached hydrogens (tertiary/aromatic N) is 1. The maximum Gasteiger partial charge on any atom is 0.118 e. The van der Waals surface area contributed by atoms with E-state index in [-0.39, 0.29) is 5.41 Å². The molecule has 2 N–H and O–H groups in total. The first kappa shape index (κ1) is 12.6. The number of hydrogen-bond donors (Lipinski definition) is 1. The van der Waals surface area contributed by atoms with Gasteiger partial charge in [0, 0.05) is 25.1 Å². The monoisotopic (exact) mass is 238 g/mol. The van der Waals surface area contributed by atoms with Crippen molar-refractivity contribution in [3.63, 3.8) is 0 Å². The molecule has 2 heterocycles. The van der Waals surface area contributed by atoms with E-state index in [4.69, 9.17) is 14.9 Å². The summed E-state index contributed by atoms with van der Waals surface area (Å²) in [5.41, 5.74) is 6.02. The molecule has 4 heteroatoms. The molecule has 0 radical (unpaired) electrons. The largest absolute Gasteiger partial charge is 0.465 e. The predicted molar refractivity (Wildman–Crippen MR) is 66.7 cm³/mol. The summed E-state index contributed by atoms with van der Waals surface area (Å²) >= 11 is 0. The summed E-state index contributed by atoms with van der Waals surface area (Å²) in [7, 11) is 2.10. The molecule has 1 aliphatic heterocycles. The van der Waals surface area contributed by atoms with Crippen molar-refractivity contribution in [2.45, 2.75) is 19.9 Å². The zero-order valence-electron chi connectivity index (χ0n) is 10.7. The second kappa shape index (κ2) is 5.21. The highest BCUT2D eigenvalue weighted by Gasteiger charge is 2.34. The van der Waals surface area contributed by atoms with Crippen LogP contribution in [0.25, 0.3) is 0 Å². The van der Waals surface area contributed by atoms with Crippen molar-refractivity contribution in [1.82, 2.24) is 4.90 Å². The van der Waals surface area contributed by atoms with Gasteiger partial charge < -0.3 is 14.9 Å². The van der Waals surface area contributed by atoms with Gasteiger partial charge in [-0.05, 0) is 32.5 Å². The van der Waals surface area contributed by atoms with Crippen molar-refractivity contribution in [3.8, 4) is 0 Å². The molecule has 0 spiro atoms. The standard InChI is InChI=1S/C13H22N2O2/c1-11-3-4-12(17-11)7-15(2)9-13(8-14)5-6-16-10-13/h3-4H,5-10,14H2,1-2H3. The lowest BCUT2D eigenvalue weighted by molar-refractivity contribution is 0.120. The molecule has 0 aromatic carbocycles. The molecule has 4 nitrogen and oxygen atoms in total. The first-order valence-corrected chi connectivity index (χ1v) is 6.15. The second-order valence-electron chi connectivity index (χ2n) is 5.19. The van der Waals surface area contributed by atoms with E-state index in [2.05, 4.69) is 11.9 Å². The maximum atomic E-state index is 5.88. The van der Waals surface area contributed by atoms with Gasteiger partial charge in [0.05, 0.1) is 13.2 Å². The van der Waals surface area contributed by atoms with Crippen LogP contribution >= 0.6 is 0 Å². The Morgan fingerprint density at radius 2 is 2.29 bits per heavy atom. The fourth-order valence-corrected chi connectivity index (χ4v) is 2.46. The summed E-state index contributed by atoms with van der Waals surface area (Å²) in [5, 5.41) is 0. The van der Waals surface area contributed by atoms with E-state index in [0.29, 0.717) is 6.54 Å². The molecule has 1 aromatic rings. The molecule has 1 unspecified atom stereocenters. The molecule has 96 valence electrons. The van der Waals surface area contributed by atoms with Crippen LogP contribution in [0.2, 0.25) is 0 Å². The van der Waals surface area contributed by atoms with Gasteiger partial charge in [0.15, 0.2) is 0 Å². The normalized spacial score (nSPS) is 24.7. The summed E-state index contributed by atoms with van der Waals surface area (Å²) in [5.74, 6) is 1.97. The molecule has 1 fully saturated rings. The van der Waals surface area contributed by atoms with E-state index in [0.717, 1.165) is 44.2 Å². The number of rotatable bonds is 5. The first-order valence-electron chi connectivity index (χ1n) is 6.15. The van der Waals surface area contributed by atoms with Gasteiger partial charge in [0.1, 0.15) is 11.5 Å². The van der Waals surface area contributed by atoms with Gasteiger partial charge in [-0.2, -0.15) is 0 Å². The van der Waals surface area contributed by atoms with Crippen molar-refractivity contribution < 1.29 is 9.15 Å². The third-order valence-corrected chi connectivity index (χ3v) is 3.45. The van der Waals surface area contributed by atoms with Crippen LogP contribution in [-0.2, 0) is 11.3 Å². The van der Waals surface area contributed by atoms with Crippen molar-refractivity contribution >= 4 is 0 Å². The zero-order valence-corrected chi connectivity index (χ0v) is 10.7. The molecule has 1 atom stereocenters. The van der Waals surface area contributed by atoms with Gasteiger partial charge >= 0.3 is 0 Å². The smallest absolute Gasteiger partial charge is 0.118 e. The molecule has 0 saturated carbocycles. The van der Waals surface area contributed by atoms with Gasteiger partial charge in [0.2, 0.25) is 0 Å². The molecular formula is C13H22N2O2. The molecule has 0 bridgehead atoms. The second-order valence-corrected chi connectivity index (χ2v) is 5.19. The van der Waals surface area contributed by atoms with Crippen molar-refractivity contribution in [3.05, 3.63) is 23.7 Å². The number of aryl methyl sites for hydroxylation is 1. The minimum Gasteiger partial charge on any atom is -0.465 e. The van der Waals surface area contributed by atoms with Crippen molar-refractivity contribution in [2.75, 3.05) is 33.4 Å². The van der Waals surface area contributed by atoms with E-state index in [9.17, 15) is 0 Å². The maximum absolute atomic E-state index is 5.88. The summed E-state index contributed by atoms with van der Waals surface area (Å²) in [6, 6.07) is 4.03. The highest BCUT2D eigenvalue weighted by Crippen LogP contribution is 2.28. The van der Waals surface area contributed by atoms with Crippen LogP contribution in [0.3, 0.4) is 0 Å². The van der Waals surface area contributed by atoms with E-state index in [1.54, 1.807) is 0 Å². The quantitative estimate of drug-likeness (QED) is 0.842. The van der Waals surface area contributed by atoms with Crippen LogP contribution in [0.5, 0.6) is 0 Å². The summed E-state index contributed by atoms with van der Waals surface area (Å²) < 4.78 is 11.1. The Labute approximate surface area is 103 Å². The lowest BCUT2D eigenvalue weighted by Gasteiger charge is -2.30. The Bertz CT molecular complexity index is 356. The van der Waals surface area contributed by atoms with Crippen molar-refractivity contribution in [2.24, 2.45) is 11.1 Å². The molecular weight excluding hydrogens is 216 g/mol. The Kier molecular flexibility index (Phi) is 3.86. The van der Waals surface area contributed by atoms with Gasteiger partial charge in [-0.1, -0.05) is 0 Å². The fraction of sp³-hybridized carbons (Fsp3) is 0.692. The van der Waals surface area contributed by atoms with Crippen LogP contribution in [0.4, 0.5) is 0 Å². The molecule has 17 heavy (non-hydrogen) atoms. The third-order valence-electron chi connectivity index (χ3n) is 3.45. The summed E-state index contributed by atoms with van der Waals surface area (Å²) in [6.45, 7) is 6.07. The van der Waals surface area contributed by atoms with Gasteiger partial charge in [-0.15, -0.1) is 0 Å². The summed E-state index contributed by atoms with van der Waals surface area (Å²) in [6.07, 6.45) is 1.06. The number of nitrogens with two attached hydrogens (primary N) is 1. The van der Waals surface area contributed by atoms with Crippen molar-refractivity contribution in [1.29, 1.82) is 0 Å². The molecule has 1 saturated heterocycles. The Morgan fingerprint density at radius 1 is 1.47 bits per heavy atom. The van der Waals surface area contributed by atoms with E-state index < -0.39 is 0 Å². The van der Waals surface area contributed by atoms with Crippen LogP contribution < -0.4 is 5.73 Å². The van der Waals surface area contributed by atoms with Gasteiger partial charge in [0.25, 0.3) is 0 Å². The molecule has 1 aliphatic rings. The number of furan rings is 1. The van der Waals surface area contributed by atoms with E-state index in [1.165, 1.54) is 0 Å². The Balaban J connectivity index is 1.90. The Morgan fingerprint density at radius 3 is 2.82 bits per heavy atom. The van der Waals surface area contributed by atoms with Crippen LogP contribution in [0.15, 0.2) is 16.5 Å². The van der Waals surface area contributed by atoms with Gasteiger partial charge in [-0.25, -0.2) is 0 Å². The van der Waals surface area contributed by atoms with Crippen LogP contribution in [0.1, 0.15) is 17.9 Å². The molecule has 0 aliphatic carbocycles. The minimum absolute atomic E-state index is 0.135. The minimum atomic E-state index is 0.135. The average Bonchev–Trinajstić information content (AvgIpc) is 2.89.